The Balaban J connectivity index is 0. The molecular formula is C7H19ClNO6Sb. The van der Waals surface area contributed by atoms with Crippen LogP contribution in [0, 0.1) is 0 Å². The minimum absolute atomic E-state index is 0.138. The molecule has 1 atom stereocenters. The van der Waals surface area contributed by atoms with E-state index in [2.05, 4.69) is 3.02 Å². The number of nitrogens with two attached hydrogens (primary N) is 1. The van der Waals surface area contributed by atoms with Crippen LogP contribution in [0.15, 0.2) is 0 Å². The Bertz CT molecular complexity index is 142. The standard InChI is InChI=1S/C4H11NO3.C3H6ClO.2H2O.Sb/c5-4(1-6,2-7)3-8;1-3(4)2-5;;;/h6-8H,1-3,5H2;3H,2H2,1H3;2*1H2;/q;-1;;;+3/p-2. The molecule has 7 nitrogen and oxygen atoms in total. The maximum absolute atomic E-state index is 8.34. The molecule has 0 spiro atoms. The van der Waals surface area contributed by atoms with Gasteiger partial charge in [0.15, 0.2) is 0 Å². The summed E-state index contributed by atoms with van der Waals surface area (Å²) in [5, 5.41) is 24.9. The fraction of sp³-hybridized carbons (Fsp3) is 1.00. The monoisotopic (exact) mass is 369 g/mol. The van der Waals surface area contributed by atoms with E-state index in [-0.39, 0.29) is 12.0 Å². The van der Waals surface area contributed by atoms with Crippen LogP contribution in [-0.2, 0) is 3.02 Å². The third kappa shape index (κ3) is 12.9. The van der Waals surface area contributed by atoms with Crippen LogP contribution in [0.2, 0.25) is 0 Å². The summed E-state index contributed by atoms with van der Waals surface area (Å²) in [6.45, 7) is 0.753. The van der Waals surface area contributed by atoms with E-state index in [0.717, 1.165) is 0 Å². The molecule has 0 aliphatic rings. The van der Waals surface area contributed by atoms with Gasteiger partial charge in [0.05, 0.1) is 25.4 Å². The molecule has 0 aromatic carbocycles. The van der Waals surface area contributed by atoms with Gasteiger partial charge in [-0.1, -0.05) is 0 Å². The second-order valence-electron chi connectivity index (χ2n) is 3.17. The third-order valence-electron chi connectivity index (χ3n) is 1.36. The van der Waals surface area contributed by atoms with Crippen LogP contribution in [0.25, 0.3) is 0 Å². The van der Waals surface area contributed by atoms with Gasteiger partial charge in [0.2, 0.25) is 0 Å². The van der Waals surface area contributed by atoms with Gasteiger partial charge in [0.25, 0.3) is 0 Å². The average molecular weight is 370 g/mol. The fourth-order valence-electron chi connectivity index (χ4n) is 0.319. The first-order chi connectivity index (χ1) is 7.31. The van der Waals surface area contributed by atoms with Gasteiger partial charge in [0.1, 0.15) is 0 Å². The first-order valence-corrected chi connectivity index (χ1v) is 8.13. The van der Waals surface area contributed by atoms with E-state index in [9.17, 15) is 0 Å². The smallest absolute Gasteiger partial charge is 0.0856 e. The number of halogens is 1. The molecule has 1 unspecified atom stereocenters. The molecule has 0 rings (SSSR count). The molecule has 0 saturated heterocycles. The summed E-state index contributed by atoms with van der Waals surface area (Å²) in [5.41, 5.74) is 3.94. The van der Waals surface area contributed by atoms with Crippen molar-refractivity contribution in [3.63, 3.8) is 0 Å². The summed E-state index contributed by atoms with van der Waals surface area (Å²) in [6.07, 6.45) is 0. The van der Waals surface area contributed by atoms with Crippen molar-refractivity contribution < 1.29 is 25.1 Å². The van der Waals surface area contributed by atoms with Crippen LogP contribution < -0.4 is 5.73 Å². The fourth-order valence-corrected chi connectivity index (χ4v) is 1.66. The Kier molecular flexibility index (Phi) is 13.1. The van der Waals surface area contributed by atoms with E-state index in [1.54, 1.807) is 6.92 Å². The van der Waals surface area contributed by atoms with E-state index < -0.39 is 46.8 Å². The van der Waals surface area contributed by atoms with Gasteiger partial charge in [-0.05, 0) is 0 Å². The molecule has 100 valence electrons. The third-order valence-corrected chi connectivity index (χ3v) is 2.57. The summed E-state index contributed by atoms with van der Waals surface area (Å²) in [7, 11) is 0. The Morgan fingerprint density at radius 1 is 1.25 bits per heavy atom. The van der Waals surface area contributed by atoms with Crippen molar-refractivity contribution in [2.24, 2.45) is 5.73 Å². The minimum Gasteiger partial charge on any atom is -0.394 e. The molecule has 0 aromatic heterocycles. The van der Waals surface area contributed by atoms with Crippen molar-refractivity contribution in [1.82, 2.24) is 0 Å². The van der Waals surface area contributed by atoms with Crippen molar-refractivity contribution in [2.45, 2.75) is 17.8 Å². The van der Waals surface area contributed by atoms with Gasteiger partial charge in [-0.25, -0.2) is 0 Å². The van der Waals surface area contributed by atoms with Crippen LogP contribution in [0.4, 0.5) is 0 Å². The van der Waals surface area contributed by atoms with E-state index in [0.29, 0.717) is 0 Å². The van der Waals surface area contributed by atoms with Gasteiger partial charge < -0.3 is 21.1 Å². The predicted octanol–water partition coefficient (Wildman–Crippen LogP) is -2.74. The quantitative estimate of drug-likeness (QED) is 0.220. The molecule has 0 heterocycles. The number of hydrogen-bond donors (Lipinski definition) is 6. The summed E-state index contributed by atoms with van der Waals surface area (Å²) in [6, 6.07) is 0. The molecule has 0 saturated carbocycles. The number of rotatable bonds is 6. The minimum atomic E-state index is -3.17. The van der Waals surface area contributed by atoms with Gasteiger partial charge in [-0.3, -0.25) is 0 Å². The maximum atomic E-state index is 8.34. The van der Waals surface area contributed by atoms with Gasteiger partial charge in [-0.15, -0.1) is 0 Å². The molecule has 0 aromatic rings. The van der Waals surface area contributed by atoms with Crippen LogP contribution in [0.3, 0.4) is 0 Å². The van der Waals surface area contributed by atoms with E-state index in [4.69, 9.17) is 39.4 Å². The summed E-state index contributed by atoms with van der Waals surface area (Å²) in [4.78, 5) is 0. The zero-order valence-electron chi connectivity index (χ0n) is 8.95. The SMILES string of the molecule is CC(Cl)C[O][Sb]([OH])[OH].NC(CO)(CO)CO. The summed E-state index contributed by atoms with van der Waals surface area (Å²) < 4.78 is 21.0. The number of aliphatic hydroxyl groups excluding tert-OH is 3. The largest absolute Gasteiger partial charge is 0.394 e. The van der Waals surface area contributed by atoms with Crippen LogP contribution in [-0.4, -0.2) is 80.9 Å². The first kappa shape index (κ1) is 19.2. The zero-order chi connectivity index (χ0) is 13.2. The molecule has 0 aliphatic carbocycles. The molecule has 0 fully saturated rings. The Morgan fingerprint density at radius 2 is 1.62 bits per heavy atom. The van der Waals surface area contributed by atoms with E-state index in [1.807, 2.05) is 0 Å². The maximum Gasteiger partial charge on any atom is 0.0856 e. The van der Waals surface area contributed by atoms with Crippen LogP contribution in [0.1, 0.15) is 6.92 Å². The predicted molar refractivity (Wildman–Crippen MR) is 59.6 cm³/mol. The van der Waals surface area contributed by atoms with E-state index in [1.165, 1.54) is 0 Å². The zero-order valence-corrected chi connectivity index (χ0v) is 12.3. The van der Waals surface area contributed by atoms with Crippen molar-refractivity contribution in [2.75, 3.05) is 26.4 Å². The first-order valence-electron chi connectivity index (χ1n) is 4.37. The van der Waals surface area contributed by atoms with Crippen molar-refractivity contribution in [3.05, 3.63) is 0 Å². The van der Waals surface area contributed by atoms with E-state index >= 15 is 0 Å². The average Bonchev–Trinajstić information content (AvgIpc) is 2.26. The molecule has 16 heavy (non-hydrogen) atoms. The normalized spacial score (nSPS) is 13.3. The molecular weight excluding hydrogens is 351 g/mol. The van der Waals surface area contributed by atoms with Crippen LogP contribution in [0.5, 0.6) is 0 Å². The number of alkyl halides is 1. The second-order valence-corrected chi connectivity index (χ2v) is 6.09. The molecule has 0 bridgehead atoms. The molecule has 7 N–H and O–H groups in total. The Labute approximate surface area is 108 Å². The number of aliphatic hydroxyl groups is 3. The Hall–Kier alpha value is 0.828. The molecule has 9 heteroatoms. The van der Waals surface area contributed by atoms with Crippen LogP contribution >= 0.6 is 11.6 Å². The van der Waals surface area contributed by atoms with Gasteiger partial charge in [-0.2, -0.15) is 0 Å². The second kappa shape index (κ2) is 10.9. The van der Waals surface area contributed by atoms with Crippen molar-refractivity contribution in [3.8, 4) is 0 Å². The van der Waals surface area contributed by atoms with Crippen molar-refractivity contribution >= 4 is 33.1 Å². The summed E-state index contributed by atoms with van der Waals surface area (Å²) >= 11 is 2.24. The van der Waals surface area contributed by atoms with Gasteiger partial charge in [0, 0.05) is 0 Å². The topological polar surface area (TPSA) is 136 Å². The Morgan fingerprint density at radius 3 is 1.69 bits per heavy atom. The molecule has 0 aliphatic heterocycles. The van der Waals surface area contributed by atoms with Gasteiger partial charge >= 0.3 is 61.8 Å². The molecule has 0 radical (unpaired) electrons. The van der Waals surface area contributed by atoms with Crippen molar-refractivity contribution in [1.29, 1.82) is 0 Å². The summed E-state index contributed by atoms with van der Waals surface area (Å²) in [5.74, 6) is 0. The molecule has 0 amide bonds. The number of hydrogen-bond acceptors (Lipinski definition) is 7.